The van der Waals surface area contributed by atoms with Crippen LogP contribution in [0.5, 0.6) is 0 Å². The van der Waals surface area contributed by atoms with Crippen LogP contribution in [-0.4, -0.2) is 10.5 Å². The largest absolute Gasteiger partial charge is 0.330 e. The van der Waals surface area contributed by atoms with E-state index in [9.17, 15) is 0 Å². The fourth-order valence-electron chi connectivity index (χ4n) is 0.794. The molecule has 1 aliphatic rings. The Bertz CT molecular complexity index is 63.1. The van der Waals surface area contributed by atoms with Crippen LogP contribution in [0.15, 0.2) is 0 Å². The summed E-state index contributed by atoms with van der Waals surface area (Å²) in [7, 11) is 0. The summed E-state index contributed by atoms with van der Waals surface area (Å²) in [5, 5.41) is 0. The molecular weight excluding hydrogens is 201 g/mol. The van der Waals surface area contributed by atoms with Gasteiger partial charge in [-0.1, -0.05) is 22.6 Å². The predicted molar refractivity (Wildman–Crippen MR) is 39.6 cm³/mol. The highest BCUT2D eigenvalue weighted by atomic mass is 127. The van der Waals surface area contributed by atoms with Gasteiger partial charge in [0.25, 0.3) is 0 Å². The minimum absolute atomic E-state index is 0.848. The van der Waals surface area contributed by atoms with Crippen LogP contribution in [0.25, 0.3) is 0 Å². The van der Waals surface area contributed by atoms with E-state index in [0.29, 0.717) is 0 Å². The van der Waals surface area contributed by atoms with Crippen LogP contribution in [0.3, 0.4) is 0 Å². The van der Waals surface area contributed by atoms with Crippen molar-refractivity contribution in [3.8, 4) is 0 Å². The lowest BCUT2D eigenvalue weighted by Gasteiger charge is -2.30. The zero-order valence-corrected chi connectivity index (χ0v) is 6.39. The second-order valence-electron chi connectivity index (χ2n) is 2.09. The fraction of sp³-hybridized carbons (Fsp3) is 1.00. The Morgan fingerprint density at radius 1 is 1.57 bits per heavy atom. The van der Waals surface area contributed by atoms with Gasteiger partial charge in [-0.2, -0.15) is 0 Å². The van der Waals surface area contributed by atoms with Crippen LogP contribution in [-0.2, 0) is 0 Å². The van der Waals surface area contributed by atoms with Crippen molar-refractivity contribution in [2.24, 2.45) is 11.7 Å². The Morgan fingerprint density at radius 2 is 2.29 bits per heavy atom. The van der Waals surface area contributed by atoms with Gasteiger partial charge in [-0.25, -0.2) is 0 Å². The molecule has 2 unspecified atom stereocenters. The number of halogens is 1. The first-order chi connectivity index (χ1) is 3.34. The number of hydrogen-bond donors (Lipinski definition) is 1. The molecule has 0 spiro atoms. The molecule has 2 heteroatoms. The van der Waals surface area contributed by atoms with Gasteiger partial charge in [0.1, 0.15) is 0 Å². The maximum atomic E-state index is 5.42. The van der Waals surface area contributed by atoms with Gasteiger partial charge in [-0.3, -0.25) is 0 Å². The van der Waals surface area contributed by atoms with E-state index in [1.54, 1.807) is 0 Å². The third-order valence-corrected chi connectivity index (χ3v) is 3.27. The maximum absolute atomic E-state index is 5.42. The number of hydrogen-bond acceptors (Lipinski definition) is 1. The highest BCUT2D eigenvalue weighted by Crippen LogP contribution is 2.32. The van der Waals surface area contributed by atoms with E-state index in [-0.39, 0.29) is 0 Å². The number of rotatable bonds is 1. The third-order valence-electron chi connectivity index (χ3n) is 1.63. The molecule has 0 aromatic heterocycles. The van der Waals surface area contributed by atoms with E-state index in [1.165, 1.54) is 12.8 Å². The summed E-state index contributed by atoms with van der Waals surface area (Å²) in [5.74, 6) is 0.848. The normalized spacial score (nSPS) is 40.3. The summed E-state index contributed by atoms with van der Waals surface area (Å²) >= 11 is 2.48. The molecule has 0 heterocycles. The van der Waals surface area contributed by atoms with Crippen molar-refractivity contribution in [3.05, 3.63) is 0 Å². The van der Waals surface area contributed by atoms with E-state index in [1.807, 2.05) is 0 Å². The zero-order valence-electron chi connectivity index (χ0n) is 4.23. The summed E-state index contributed by atoms with van der Waals surface area (Å²) < 4.78 is 0.891. The first-order valence-electron chi connectivity index (χ1n) is 2.68. The van der Waals surface area contributed by atoms with Crippen LogP contribution in [0.4, 0.5) is 0 Å². The molecule has 1 aliphatic carbocycles. The Balaban J connectivity index is 2.16. The van der Waals surface area contributed by atoms with E-state index >= 15 is 0 Å². The van der Waals surface area contributed by atoms with Gasteiger partial charge in [0, 0.05) is 3.92 Å². The third kappa shape index (κ3) is 1.08. The highest BCUT2D eigenvalue weighted by Gasteiger charge is 2.26. The van der Waals surface area contributed by atoms with Gasteiger partial charge < -0.3 is 5.73 Å². The molecule has 42 valence electrons. The molecule has 2 atom stereocenters. The lowest BCUT2D eigenvalue weighted by Crippen LogP contribution is -2.32. The average molecular weight is 211 g/mol. The molecule has 0 saturated heterocycles. The lowest BCUT2D eigenvalue weighted by atomic mass is 9.86. The summed E-state index contributed by atoms with van der Waals surface area (Å²) in [6, 6.07) is 0. The monoisotopic (exact) mass is 211 g/mol. The molecule has 1 rings (SSSR count). The summed E-state index contributed by atoms with van der Waals surface area (Å²) in [4.78, 5) is 0. The standard InChI is InChI=1S/C5H10IN/c6-5-2-1-4(5)3-7/h4-5H,1-3,7H2. The second kappa shape index (κ2) is 2.31. The lowest BCUT2D eigenvalue weighted by molar-refractivity contribution is 0.355. The first-order valence-corrected chi connectivity index (χ1v) is 3.93. The van der Waals surface area contributed by atoms with Crippen molar-refractivity contribution in [3.63, 3.8) is 0 Å². The molecule has 0 amide bonds. The topological polar surface area (TPSA) is 26.0 Å². The summed E-state index contributed by atoms with van der Waals surface area (Å²) in [6.45, 7) is 0.896. The zero-order chi connectivity index (χ0) is 5.28. The van der Waals surface area contributed by atoms with Crippen molar-refractivity contribution in [2.75, 3.05) is 6.54 Å². The molecule has 1 nitrogen and oxygen atoms in total. The van der Waals surface area contributed by atoms with Gasteiger partial charge in [0.2, 0.25) is 0 Å². The van der Waals surface area contributed by atoms with Crippen LogP contribution in [0, 0.1) is 5.92 Å². The second-order valence-corrected chi connectivity index (χ2v) is 3.69. The van der Waals surface area contributed by atoms with Gasteiger partial charge >= 0.3 is 0 Å². The summed E-state index contributed by atoms with van der Waals surface area (Å²) in [5.41, 5.74) is 5.42. The Hall–Kier alpha value is 0.690. The Morgan fingerprint density at radius 3 is 2.29 bits per heavy atom. The van der Waals surface area contributed by atoms with Crippen LogP contribution >= 0.6 is 22.6 Å². The molecule has 1 fully saturated rings. The molecule has 7 heavy (non-hydrogen) atoms. The molecule has 0 aromatic rings. The number of nitrogens with two attached hydrogens (primary N) is 1. The van der Waals surface area contributed by atoms with E-state index < -0.39 is 0 Å². The Kier molecular flexibility index (Phi) is 1.92. The summed E-state index contributed by atoms with van der Waals surface area (Å²) in [6.07, 6.45) is 2.76. The minimum Gasteiger partial charge on any atom is -0.330 e. The van der Waals surface area contributed by atoms with Crippen molar-refractivity contribution >= 4 is 22.6 Å². The molecule has 0 radical (unpaired) electrons. The average Bonchev–Trinajstić information content (AvgIpc) is 1.65. The predicted octanol–water partition coefficient (Wildman–Crippen LogP) is 1.16. The van der Waals surface area contributed by atoms with Gasteiger partial charge in [-0.15, -0.1) is 0 Å². The smallest absolute Gasteiger partial charge is 0.0150 e. The molecule has 2 N–H and O–H groups in total. The van der Waals surface area contributed by atoms with E-state index in [2.05, 4.69) is 22.6 Å². The van der Waals surface area contributed by atoms with Crippen molar-refractivity contribution in [1.82, 2.24) is 0 Å². The van der Waals surface area contributed by atoms with E-state index in [4.69, 9.17) is 5.73 Å². The van der Waals surface area contributed by atoms with E-state index in [0.717, 1.165) is 16.4 Å². The molecule has 0 bridgehead atoms. The van der Waals surface area contributed by atoms with Crippen LogP contribution in [0.1, 0.15) is 12.8 Å². The fourth-order valence-corrected chi connectivity index (χ4v) is 1.81. The van der Waals surface area contributed by atoms with Crippen molar-refractivity contribution in [2.45, 2.75) is 16.8 Å². The van der Waals surface area contributed by atoms with Gasteiger partial charge in [0.15, 0.2) is 0 Å². The van der Waals surface area contributed by atoms with Crippen LogP contribution < -0.4 is 5.73 Å². The highest BCUT2D eigenvalue weighted by molar-refractivity contribution is 14.1. The molecule has 0 aromatic carbocycles. The van der Waals surface area contributed by atoms with Gasteiger partial charge in [0.05, 0.1) is 0 Å². The van der Waals surface area contributed by atoms with Crippen LogP contribution in [0.2, 0.25) is 0 Å². The first kappa shape index (κ1) is 5.82. The molecule has 0 aliphatic heterocycles. The minimum atomic E-state index is 0.848. The SMILES string of the molecule is NCC1CCC1I. The Labute approximate surface area is 57.8 Å². The quantitative estimate of drug-likeness (QED) is 0.511. The molecule has 1 saturated carbocycles. The maximum Gasteiger partial charge on any atom is 0.0150 e. The van der Waals surface area contributed by atoms with Gasteiger partial charge in [-0.05, 0) is 25.3 Å². The molecular formula is C5H10IN. The van der Waals surface area contributed by atoms with Crippen molar-refractivity contribution in [1.29, 1.82) is 0 Å². The van der Waals surface area contributed by atoms with Crippen molar-refractivity contribution < 1.29 is 0 Å². The number of alkyl halides is 1.